The predicted octanol–water partition coefficient (Wildman–Crippen LogP) is 3.72. The molecule has 1 atom stereocenters. The Hall–Kier alpha value is -1.22. The Bertz CT molecular complexity index is 511. The first-order chi connectivity index (χ1) is 9.66. The van der Waals surface area contributed by atoms with Crippen molar-refractivity contribution in [2.75, 3.05) is 12.3 Å². The van der Waals surface area contributed by atoms with Crippen molar-refractivity contribution >= 4 is 23.2 Å². The predicted molar refractivity (Wildman–Crippen MR) is 81.9 cm³/mol. The molecular weight excluding hydrogens is 272 g/mol. The van der Waals surface area contributed by atoms with Gasteiger partial charge in [0.15, 0.2) is 0 Å². The smallest absolute Gasteiger partial charge is 0.256 e. The summed E-state index contributed by atoms with van der Waals surface area (Å²) in [5, 5.41) is 0.577. The summed E-state index contributed by atoms with van der Waals surface area (Å²) in [6, 6.07) is 5.57. The van der Waals surface area contributed by atoms with Gasteiger partial charge in [-0.15, -0.1) is 0 Å². The van der Waals surface area contributed by atoms with Gasteiger partial charge in [-0.1, -0.05) is 24.4 Å². The summed E-state index contributed by atoms with van der Waals surface area (Å²) >= 11 is 5.91. The molecule has 1 aliphatic carbocycles. The number of carbonyl (C=O) groups is 1. The largest absolute Gasteiger partial charge is 0.398 e. The van der Waals surface area contributed by atoms with Crippen LogP contribution in [0.5, 0.6) is 0 Å². The van der Waals surface area contributed by atoms with E-state index in [2.05, 4.69) is 4.90 Å². The quantitative estimate of drug-likeness (QED) is 0.845. The second-order valence-electron chi connectivity index (χ2n) is 5.98. The molecule has 3 nitrogen and oxygen atoms in total. The summed E-state index contributed by atoms with van der Waals surface area (Å²) in [5.41, 5.74) is 7.04. The monoisotopic (exact) mass is 292 g/mol. The van der Waals surface area contributed by atoms with Gasteiger partial charge >= 0.3 is 0 Å². The highest BCUT2D eigenvalue weighted by Crippen LogP contribution is 2.36. The minimum Gasteiger partial charge on any atom is -0.398 e. The maximum absolute atomic E-state index is 12.7. The van der Waals surface area contributed by atoms with Crippen molar-refractivity contribution in [2.45, 2.75) is 44.6 Å². The normalized spacial score (nSPS) is 23.4. The van der Waals surface area contributed by atoms with Crippen molar-refractivity contribution < 1.29 is 4.79 Å². The lowest BCUT2D eigenvalue weighted by Gasteiger charge is -2.29. The average Bonchev–Trinajstić information content (AvgIpc) is 3.09. The molecule has 2 N–H and O–H groups in total. The van der Waals surface area contributed by atoms with Gasteiger partial charge in [-0.3, -0.25) is 4.79 Å². The molecule has 1 amide bonds. The summed E-state index contributed by atoms with van der Waals surface area (Å²) in [7, 11) is 0. The number of amides is 1. The van der Waals surface area contributed by atoms with Crippen LogP contribution in [0.3, 0.4) is 0 Å². The Morgan fingerprint density at radius 1 is 1.20 bits per heavy atom. The van der Waals surface area contributed by atoms with E-state index < -0.39 is 0 Å². The van der Waals surface area contributed by atoms with Crippen molar-refractivity contribution in [2.24, 2.45) is 5.92 Å². The van der Waals surface area contributed by atoms with Crippen molar-refractivity contribution in [3.8, 4) is 0 Å². The van der Waals surface area contributed by atoms with Crippen LogP contribution in [-0.4, -0.2) is 23.4 Å². The Morgan fingerprint density at radius 2 is 1.95 bits per heavy atom. The molecule has 108 valence electrons. The summed E-state index contributed by atoms with van der Waals surface area (Å²) in [5.74, 6) is 0.767. The van der Waals surface area contributed by atoms with Gasteiger partial charge in [-0.05, 0) is 49.8 Å². The maximum Gasteiger partial charge on any atom is 0.256 e. The number of carbonyl (C=O) groups excluding carboxylic acids is 1. The number of halogens is 1. The van der Waals surface area contributed by atoms with E-state index in [-0.39, 0.29) is 5.91 Å². The number of hydrogen-bond acceptors (Lipinski definition) is 2. The van der Waals surface area contributed by atoms with Crippen LogP contribution >= 0.6 is 11.6 Å². The van der Waals surface area contributed by atoms with Gasteiger partial charge in [0.25, 0.3) is 5.91 Å². The lowest BCUT2D eigenvalue weighted by molar-refractivity contribution is 0.0690. The van der Waals surface area contributed by atoms with E-state index >= 15 is 0 Å². The zero-order valence-electron chi connectivity index (χ0n) is 11.6. The third kappa shape index (κ3) is 2.51. The molecular formula is C16H21ClN2O. The van der Waals surface area contributed by atoms with Crippen LogP contribution in [0.4, 0.5) is 5.69 Å². The standard InChI is InChI=1S/C16H21ClN2O/c17-12-7-8-13(14(18)10-12)16(20)19-9-3-6-15(19)11-4-1-2-5-11/h7-8,10-11,15H,1-6,9,18H2. The fourth-order valence-corrected chi connectivity index (χ4v) is 3.94. The number of hydrogen-bond donors (Lipinski definition) is 1. The van der Waals surface area contributed by atoms with Crippen LogP contribution in [-0.2, 0) is 0 Å². The Kier molecular flexibility index (Phi) is 3.88. The van der Waals surface area contributed by atoms with Gasteiger partial charge in [0.2, 0.25) is 0 Å². The molecule has 1 saturated heterocycles. The fraction of sp³-hybridized carbons (Fsp3) is 0.562. The second kappa shape index (κ2) is 5.65. The molecule has 0 radical (unpaired) electrons. The number of rotatable bonds is 2. The van der Waals surface area contributed by atoms with Crippen LogP contribution in [0.25, 0.3) is 0 Å². The molecule has 1 saturated carbocycles. The van der Waals surface area contributed by atoms with E-state index in [9.17, 15) is 4.79 Å². The number of benzene rings is 1. The van der Waals surface area contributed by atoms with Gasteiger partial charge in [0, 0.05) is 23.3 Å². The minimum atomic E-state index is 0.0774. The van der Waals surface area contributed by atoms with Gasteiger partial charge in [0.05, 0.1) is 5.56 Å². The third-order valence-electron chi connectivity index (χ3n) is 4.75. The first-order valence-electron chi connectivity index (χ1n) is 7.53. The lowest BCUT2D eigenvalue weighted by Crippen LogP contribution is -2.39. The van der Waals surface area contributed by atoms with Crippen LogP contribution < -0.4 is 5.73 Å². The molecule has 0 aromatic heterocycles. The highest BCUT2D eigenvalue weighted by molar-refractivity contribution is 6.31. The molecule has 1 unspecified atom stereocenters. The van der Waals surface area contributed by atoms with E-state index in [1.807, 2.05) is 0 Å². The molecule has 1 aliphatic heterocycles. The molecule has 1 aromatic rings. The third-order valence-corrected chi connectivity index (χ3v) is 4.98. The molecule has 20 heavy (non-hydrogen) atoms. The first-order valence-corrected chi connectivity index (χ1v) is 7.90. The van der Waals surface area contributed by atoms with Crippen LogP contribution in [0, 0.1) is 5.92 Å². The zero-order chi connectivity index (χ0) is 14.1. The van der Waals surface area contributed by atoms with E-state index in [4.69, 9.17) is 17.3 Å². The summed E-state index contributed by atoms with van der Waals surface area (Å²) in [6.45, 7) is 0.863. The molecule has 1 aromatic carbocycles. The Labute approximate surface area is 125 Å². The highest BCUT2D eigenvalue weighted by Gasteiger charge is 2.36. The average molecular weight is 293 g/mol. The molecule has 2 aliphatic rings. The highest BCUT2D eigenvalue weighted by atomic mass is 35.5. The topological polar surface area (TPSA) is 46.3 Å². The maximum atomic E-state index is 12.7. The summed E-state index contributed by atoms with van der Waals surface area (Å²) < 4.78 is 0. The van der Waals surface area contributed by atoms with E-state index in [1.54, 1.807) is 18.2 Å². The van der Waals surface area contributed by atoms with E-state index in [1.165, 1.54) is 25.7 Å². The van der Waals surface area contributed by atoms with Crippen molar-refractivity contribution in [1.29, 1.82) is 0 Å². The molecule has 2 fully saturated rings. The van der Waals surface area contributed by atoms with E-state index in [0.29, 0.717) is 28.2 Å². The van der Waals surface area contributed by atoms with Gasteiger partial charge in [0.1, 0.15) is 0 Å². The lowest BCUT2D eigenvalue weighted by atomic mass is 9.95. The summed E-state index contributed by atoms with van der Waals surface area (Å²) in [6.07, 6.45) is 7.41. The van der Waals surface area contributed by atoms with Crippen molar-refractivity contribution in [1.82, 2.24) is 4.90 Å². The summed E-state index contributed by atoms with van der Waals surface area (Å²) in [4.78, 5) is 14.8. The molecule has 4 heteroatoms. The molecule has 1 heterocycles. The van der Waals surface area contributed by atoms with Crippen molar-refractivity contribution in [3.05, 3.63) is 28.8 Å². The number of nitrogens with zero attached hydrogens (tertiary/aromatic N) is 1. The number of nitrogens with two attached hydrogens (primary N) is 1. The number of likely N-dealkylation sites (tertiary alicyclic amines) is 1. The number of nitrogen functional groups attached to an aromatic ring is 1. The van der Waals surface area contributed by atoms with E-state index in [0.717, 1.165) is 19.4 Å². The van der Waals surface area contributed by atoms with Gasteiger partial charge in [-0.25, -0.2) is 0 Å². The molecule has 0 spiro atoms. The number of anilines is 1. The fourth-order valence-electron chi connectivity index (χ4n) is 3.76. The second-order valence-corrected chi connectivity index (χ2v) is 6.42. The van der Waals surface area contributed by atoms with Gasteiger partial charge in [-0.2, -0.15) is 0 Å². The molecule has 3 rings (SSSR count). The first kappa shape index (κ1) is 13.7. The zero-order valence-corrected chi connectivity index (χ0v) is 12.4. The van der Waals surface area contributed by atoms with Gasteiger partial charge < -0.3 is 10.6 Å². The van der Waals surface area contributed by atoms with Crippen LogP contribution in [0.1, 0.15) is 48.9 Å². The Morgan fingerprint density at radius 3 is 2.65 bits per heavy atom. The SMILES string of the molecule is Nc1cc(Cl)ccc1C(=O)N1CCCC1C1CCCC1. The Balaban J connectivity index is 1.81. The van der Waals surface area contributed by atoms with Crippen LogP contribution in [0.2, 0.25) is 5.02 Å². The van der Waals surface area contributed by atoms with Crippen molar-refractivity contribution in [3.63, 3.8) is 0 Å². The van der Waals surface area contributed by atoms with Crippen LogP contribution in [0.15, 0.2) is 18.2 Å². The minimum absolute atomic E-state index is 0.0774. The molecule has 0 bridgehead atoms.